The molecular formula is C16H24N4O2S. The van der Waals surface area contributed by atoms with Crippen LogP contribution in [-0.2, 0) is 4.79 Å². The van der Waals surface area contributed by atoms with Crippen LogP contribution in [-0.4, -0.2) is 49.3 Å². The van der Waals surface area contributed by atoms with Gasteiger partial charge in [-0.25, -0.2) is 4.79 Å². The van der Waals surface area contributed by atoms with Gasteiger partial charge >= 0.3 is 6.03 Å². The molecular weight excluding hydrogens is 312 g/mol. The van der Waals surface area contributed by atoms with Crippen LogP contribution in [0.1, 0.15) is 12.8 Å². The number of benzene rings is 1. The molecule has 0 radical (unpaired) electrons. The van der Waals surface area contributed by atoms with Gasteiger partial charge in [-0.3, -0.25) is 4.79 Å². The van der Waals surface area contributed by atoms with E-state index in [0.29, 0.717) is 13.1 Å². The van der Waals surface area contributed by atoms with Gasteiger partial charge in [0, 0.05) is 24.5 Å². The van der Waals surface area contributed by atoms with E-state index < -0.39 is 0 Å². The van der Waals surface area contributed by atoms with Crippen molar-refractivity contribution in [3.63, 3.8) is 0 Å². The first-order chi connectivity index (χ1) is 11.1. The summed E-state index contributed by atoms with van der Waals surface area (Å²) in [5.41, 5.74) is 6.18. The molecule has 1 aliphatic heterocycles. The molecule has 1 aromatic carbocycles. The van der Waals surface area contributed by atoms with Crippen molar-refractivity contribution in [2.45, 2.75) is 17.7 Å². The Labute approximate surface area is 141 Å². The summed E-state index contributed by atoms with van der Waals surface area (Å²) in [6, 6.07) is 7.48. The molecule has 1 aromatic rings. The highest BCUT2D eigenvalue weighted by molar-refractivity contribution is 7.98. The predicted octanol–water partition coefficient (Wildman–Crippen LogP) is 1.73. The monoisotopic (exact) mass is 336 g/mol. The molecule has 0 unspecified atom stereocenters. The summed E-state index contributed by atoms with van der Waals surface area (Å²) >= 11 is 1.59. The number of likely N-dealkylation sites (tertiary alicyclic amines) is 1. The number of amides is 3. The third-order valence-electron chi connectivity index (χ3n) is 3.98. The van der Waals surface area contributed by atoms with E-state index in [1.165, 1.54) is 0 Å². The number of nitrogens with zero attached hydrogens (tertiary/aromatic N) is 1. The van der Waals surface area contributed by atoms with Crippen molar-refractivity contribution < 1.29 is 9.59 Å². The summed E-state index contributed by atoms with van der Waals surface area (Å²) in [6.07, 6.45) is 3.82. The first kappa shape index (κ1) is 17.6. The fourth-order valence-corrected chi connectivity index (χ4v) is 3.29. The summed E-state index contributed by atoms with van der Waals surface area (Å²) in [5, 5.41) is 5.72. The number of para-hydroxylation sites is 1. The third-order valence-corrected chi connectivity index (χ3v) is 4.77. The van der Waals surface area contributed by atoms with Gasteiger partial charge in [0.1, 0.15) is 0 Å². The average molecular weight is 336 g/mol. The summed E-state index contributed by atoms with van der Waals surface area (Å²) < 4.78 is 0. The fraction of sp³-hybridized carbons (Fsp3) is 0.500. The van der Waals surface area contributed by atoms with Crippen molar-refractivity contribution in [1.82, 2.24) is 10.2 Å². The standard InChI is InChI=1S/C16H24N4O2S/c1-23-14-7-3-2-6-13(14)19-16(22)18-8-10-20-9-4-5-12(11-20)15(17)21/h2-3,6-7,12H,4-5,8-11H2,1H3,(H2,17,21)(H2,18,19,22)/t12-/m0/s1. The normalized spacial score (nSPS) is 18.4. The Morgan fingerprint density at radius 3 is 2.91 bits per heavy atom. The van der Waals surface area contributed by atoms with Crippen LogP contribution in [0, 0.1) is 5.92 Å². The van der Waals surface area contributed by atoms with Gasteiger partial charge < -0.3 is 21.3 Å². The van der Waals surface area contributed by atoms with E-state index in [-0.39, 0.29) is 17.9 Å². The second kappa shape index (κ2) is 8.79. The van der Waals surface area contributed by atoms with Crippen molar-refractivity contribution >= 4 is 29.4 Å². The van der Waals surface area contributed by atoms with E-state index in [4.69, 9.17) is 5.73 Å². The second-order valence-corrected chi connectivity index (χ2v) is 6.47. The molecule has 6 nitrogen and oxygen atoms in total. The van der Waals surface area contributed by atoms with Crippen LogP contribution < -0.4 is 16.4 Å². The average Bonchev–Trinajstić information content (AvgIpc) is 2.55. The SMILES string of the molecule is CSc1ccccc1NC(=O)NCCN1CCC[C@H](C(N)=O)C1. The van der Waals surface area contributed by atoms with E-state index in [2.05, 4.69) is 15.5 Å². The Morgan fingerprint density at radius 2 is 2.17 bits per heavy atom. The molecule has 2 rings (SSSR count). The second-order valence-electron chi connectivity index (χ2n) is 5.62. The minimum Gasteiger partial charge on any atom is -0.369 e. The van der Waals surface area contributed by atoms with Gasteiger partial charge in [-0.2, -0.15) is 0 Å². The van der Waals surface area contributed by atoms with Gasteiger partial charge in [-0.05, 0) is 37.8 Å². The highest BCUT2D eigenvalue weighted by Gasteiger charge is 2.23. The lowest BCUT2D eigenvalue weighted by molar-refractivity contribution is -0.123. The van der Waals surface area contributed by atoms with E-state index in [1.807, 2.05) is 30.5 Å². The van der Waals surface area contributed by atoms with Crippen molar-refractivity contribution in [2.75, 3.05) is 37.8 Å². The smallest absolute Gasteiger partial charge is 0.319 e. The Balaban J connectivity index is 1.73. The lowest BCUT2D eigenvalue weighted by Gasteiger charge is -2.31. The van der Waals surface area contributed by atoms with Crippen LogP contribution in [0.15, 0.2) is 29.2 Å². The van der Waals surface area contributed by atoms with Crippen LogP contribution >= 0.6 is 11.8 Å². The molecule has 1 heterocycles. The number of nitrogens with two attached hydrogens (primary N) is 1. The number of anilines is 1. The molecule has 1 atom stereocenters. The first-order valence-corrected chi connectivity index (χ1v) is 9.02. The number of hydrogen-bond donors (Lipinski definition) is 3. The van der Waals surface area contributed by atoms with Crippen LogP contribution in [0.3, 0.4) is 0 Å². The number of carbonyl (C=O) groups excluding carboxylic acids is 2. The van der Waals surface area contributed by atoms with Gasteiger partial charge in [0.25, 0.3) is 0 Å². The largest absolute Gasteiger partial charge is 0.369 e. The molecule has 1 saturated heterocycles. The van der Waals surface area contributed by atoms with Gasteiger partial charge in [-0.15, -0.1) is 11.8 Å². The van der Waals surface area contributed by atoms with E-state index in [9.17, 15) is 9.59 Å². The minimum absolute atomic E-state index is 0.0639. The number of urea groups is 1. The number of nitrogens with one attached hydrogen (secondary N) is 2. The molecule has 1 fully saturated rings. The molecule has 23 heavy (non-hydrogen) atoms. The van der Waals surface area contributed by atoms with Crippen molar-refractivity contribution in [2.24, 2.45) is 11.7 Å². The van der Waals surface area contributed by atoms with Gasteiger partial charge in [0.15, 0.2) is 0 Å². The zero-order valence-electron chi connectivity index (χ0n) is 13.4. The molecule has 4 N–H and O–H groups in total. The summed E-state index contributed by atoms with van der Waals surface area (Å²) in [5.74, 6) is -0.292. The van der Waals surface area contributed by atoms with Crippen molar-refractivity contribution in [1.29, 1.82) is 0 Å². The number of thioether (sulfide) groups is 1. The zero-order valence-corrected chi connectivity index (χ0v) is 14.2. The minimum atomic E-state index is -0.228. The summed E-state index contributed by atoms with van der Waals surface area (Å²) in [7, 11) is 0. The Bertz CT molecular complexity index is 553. The maximum atomic E-state index is 12.0. The summed E-state index contributed by atoms with van der Waals surface area (Å²) in [4.78, 5) is 26.4. The Kier molecular flexibility index (Phi) is 6.73. The summed E-state index contributed by atoms with van der Waals surface area (Å²) in [6.45, 7) is 2.90. The highest BCUT2D eigenvalue weighted by atomic mass is 32.2. The fourth-order valence-electron chi connectivity index (χ4n) is 2.73. The van der Waals surface area contributed by atoms with E-state index in [0.717, 1.165) is 36.5 Å². The van der Waals surface area contributed by atoms with Crippen molar-refractivity contribution in [3.05, 3.63) is 24.3 Å². The number of rotatable bonds is 6. The maximum absolute atomic E-state index is 12.0. The molecule has 1 aliphatic rings. The number of carbonyl (C=O) groups is 2. The van der Waals surface area contributed by atoms with Gasteiger partial charge in [0.05, 0.1) is 11.6 Å². The number of piperidine rings is 1. The van der Waals surface area contributed by atoms with Crippen molar-refractivity contribution in [3.8, 4) is 0 Å². The molecule has 3 amide bonds. The molecule has 0 spiro atoms. The van der Waals surface area contributed by atoms with Gasteiger partial charge in [-0.1, -0.05) is 12.1 Å². The van der Waals surface area contributed by atoms with E-state index in [1.54, 1.807) is 11.8 Å². The molecule has 7 heteroatoms. The molecule has 0 aromatic heterocycles. The van der Waals surface area contributed by atoms with E-state index >= 15 is 0 Å². The molecule has 0 bridgehead atoms. The third kappa shape index (κ3) is 5.44. The van der Waals surface area contributed by atoms with Crippen LogP contribution in [0.25, 0.3) is 0 Å². The molecule has 0 aliphatic carbocycles. The Hall–Kier alpha value is -1.73. The van der Waals surface area contributed by atoms with Gasteiger partial charge in [0.2, 0.25) is 5.91 Å². The van der Waals surface area contributed by atoms with Crippen LogP contribution in [0.5, 0.6) is 0 Å². The molecule has 126 valence electrons. The van der Waals surface area contributed by atoms with Crippen LogP contribution in [0.2, 0.25) is 0 Å². The maximum Gasteiger partial charge on any atom is 0.319 e. The molecule has 0 saturated carbocycles. The lowest BCUT2D eigenvalue weighted by Crippen LogP contribution is -2.44. The predicted molar refractivity (Wildman–Crippen MR) is 93.6 cm³/mol. The lowest BCUT2D eigenvalue weighted by atomic mass is 9.97. The first-order valence-electron chi connectivity index (χ1n) is 7.79. The number of primary amides is 1. The number of hydrogen-bond acceptors (Lipinski definition) is 4. The Morgan fingerprint density at radius 1 is 1.39 bits per heavy atom. The zero-order chi connectivity index (χ0) is 16.7. The topological polar surface area (TPSA) is 87.5 Å². The van der Waals surface area contributed by atoms with Crippen LogP contribution in [0.4, 0.5) is 10.5 Å². The highest BCUT2D eigenvalue weighted by Crippen LogP contribution is 2.24. The quantitative estimate of drug-likeness (QED) is 0.690.